The van der Waals surface area contributed by atoms with Gasteiger partial charge in [0.2, 0.25) is 0 Å². The molecule has 0 atom stereocenters. The molecule has 0 saturated carbocycles. The second-order valence-corrected chi connectivity index (χ2v) is 7.46. The Balaban J connectivity index is 1.55. The van der Waals surface area contributed by atoms with Gasteiger partial charge in [-0.2, -0.15) is 0 Å². The number of halogens is 2. The van der Waals surface area contributed by atoms with Gasteiger partial charge in [-0.25, -0.2) is 9.78 Å². The van der Waals surface area contributed by atoms with E-state index in [1.165, 1.54) is 0 Å². The van der Waals surface area contributed by atoms with Crippen LogP contribution in [0.4, 0.5) is 5.69 Å². The molecular formula is C23H15Cl2N3O3. The summed E-state index contributed by atoms with van der Waals surface area (Å²) in [5, 5.41) is 3.99. The van der Waals surface area contributed by atoms with Crippen LogP contribution in [0.3, 0.4) is 0 Å². The molecule has 2 aromatic heterocycles. The number of carbonyl (C=O) groups is 2. The summed E-state index contributed by atoms with van der Waals surface area (Å²) in [5.74, 6) is -1.15. The van der Waals surface area contributed by atoms with Gasteiger partial charge in [-0.1, -0.05) is 41.4 Å². The number of nitrogens with zero attached hydrogens (tertiary/aromatic N) is 2. The maximum Gasteiger partial charge on any atom is 0.339 e. The predicted octanol–water partition coefficient (Wildman–Crippen LogP) is 5.40. The summed E-state index contributed by atoms with van der Waals surface area (Å²) in [6.45, 7) is -0.468. The highest BCUT2D eigenvalue weighted by Crippen LogP contribution is 2.25. The van der Waals surface area contributed by atoms with Crippen LogP contribution in [0.2, 0.25) is 10.0 Å². The van der Waals surface area contributed by atoms with E-state index in [0.717, 1.165) is 5.56 Å². The molecule has 2 aromatic carbocycles. The fourth-order valence-electron chi connectivity index (χ4n) is 3.05. The van der Waals surface area contributed by atoms with Gasteiger partial charge in [-0.3, -0.25) is 9.78 Å². The minimum atomic E-state index is -0.631. The van der Waals surface area contributed by atoms with Crippen LogP contribution in [0.15, 0.2) is 73.1 Å². The molecule has 1 N–H and O–H groups in total. The Morgan fingerprint density at radius 2 is 1.65 bits per heavy atom. The monoisotopic (exact) mass is 451 g/mol. The van der Waals surface area contributed by atoms with E-state index in [0.29, 0.717) is 37.9 Å². The summed E-state index contributed by atoms with van der Waals surface area (Å²) in [7, 11) is 0. The number of benzene rings is 2. The number of anilines is 1. The zero-order valence-corrected chi connectivity index (χ0v) is 17.5. The predicted molar refractivity (Wildman–Crippen MR) is 120 cm³/mol. The van der Waals surface area contributed by atoms with Crippen molar-refractivity contribution in [3.63, 3.8) is 0 Å². The molecule has 31 heavy (non-hydrogen) atoms. The average Bonchev–Trinajstić information content (AvgIpc) is 2.76. The lowest BCUT2D eigenvalue weighted by atomic mass is 10.0. The highest BCUT2D eigenvalue weighted by Gasteiger charge is 2.17. The minimum absolute atomic E-state index is 0.316. The fourth-order valence-corrected chi connectivity index (χ4v) is 3.57. The number of nitrogens with one attached hydrogen (secondary N) is 1. The van der Waals surface area contributed by atoms with E-state index in [-0.39, 0.29) is 0 Å². The number of rotatable bonds is 5. The Bertz CT molecular complexity index is 1260. The summed E-state index contributed by atoms with van der Waals surface area (Å²) in [5.41, 5.74) is 2.78. The molecule has 0 aliphatic rings. The summed E-state index contributed by atoms with van der Waals surface area (Å²) >= 11 is 11.9. The maximum atomic E-state index is 12.8. The van der Waals surface area contributed by atoms with E-state index >= 15 is 0 Å². The Morgan fingerprint density at radius 3 is 2.39 bits per heavy atom. The van der Waals surface area contributed by atoms with Crippen molar-refractivity contribution in [1.82, 2.24) is 9.97 Å². The number of fused-ring (bicyclic) bond motifs is 1. The second-order valence-electron chi connectivity index (χ2n) is 6.59. The number of aromatic nitrogens is 2. The molecule has 0 spiro atoms. The van der Waals surface area contributed by atoms with Crippen LogP contribution >= 0.6 is 23.2 Å². The smallest absolute Gasteiger partial charge is 0.339 e. The maximum absolute atomic E-state index is 12.8. The number of esters is 1. The Morgan fingerprint density at radius 1 is 0.935 bits per heavy atom. The molecule has 4 rings (SSSR count). The molecule has 154 valence electrons. The summed E-state index contributed by atoms with van der Waals surface area (Å²) < 4.78 is 5.26. The second kappa shape index (κ2) is 9.12. The third-order valence-corrected chi connectivity index (χ3v) is 4.83. The quantitative estimate of drug-likeness (QED) is 0.410. The lowest BCUT2D eigenvalue weighted by Crippen LogP contribution is -2.21. The van der Waals surface area contributed by atoms with E-state index < -0.39 is 18.5 Å². The van der Waals surface area contributed by atoms with Gasteiger partial charge in [-0.05, 0) is 42.5 Å². The molecule has 8 heteroatoms. The number of amides is 1. The number of carbonyl (C=O) groups excluding carboxylic acids is 2. The lowest BCUT2D eigenvalue weighted by molar-refractivity contribution is -0.119. The van der Waals surface area contributed by atoms with E-state index in [2.05, 4.69) is 15.3 Å². The first kappa shape index (κ1) is 20.8. The largest absolute Gasteiger partial charge is 0.452 e. The fraction of sp³-hybridized carbons (Fsp3) is 0.0435. The first-order valence-electron chi connectivity index (χ1n) is 9.23. The van der Waals surface area contributed by atoms with Crippen molar-refractivity contribution in [2.24, 2.45) is 0 Å². The first-order chi connectivity index (χ1) is 15.0. The van der Waals surface area contributed by atoms with Gasteiger partial charge in [0.05, 0.1) is 16.8 Å². The van der Waals surface area contributed by atoms with Gasteiger partial charge in [0.15, 0.2) is 6.61 Å². The van der Waals surface area contributed by atoms with Gasteiger partial charge in [0.1, 0.15) is 0 Å². The molecular weight excluding hydrogens is 437 g/mol. The molecule has 4 aromatic rings. The van der Waals surface area contributed by atoms with E-state index in [1.54, 1.807) is 54.9 Å². The van der Waals surface area contributed by atoms with E-state index in [4.69, 9.17) is 27.9 Å². The summed E-state index contributed by atoms with van der Waals surface area (Å²) in [4.78, 5) is 33.7. The molecule has 0 radical (unpaired) electrons. The molecule has 0 unspecified atom stereocenters. The van der Waals surface area contributed by atoms with E-state index in [1.807, 2.05) is 18.2 Å². The molecule has 0 fully saturated rings. The van der Waals surface area contributed by atoms with Crippen LogP contribution in [0.25, 0.3) is 22.2 Å². The van der Waals surface area contributed by atoms with Crippen LogP contribution in [0.1, 0.15) is 10.4 Å². The molecule has 6 nitrogen and oxygen atoms in total. The van der Waals surface area contributed by atoms with Gasteiger partial charge in [0.25, 0.3) is 5.91 Å². The standard InChI is InChI=1S/C23H15Cl2N3O3/c24-15-9-16(25)11-17(10-15)27-22(29)13-31-23(30)19-12-21(14-5-7-26-8-6-14)28-20-4-2-1-3-18(19)20/h1-12H,13H2,(H,27,29). The van der Waals surface area contributed by atoms with Crippen LogP contribution < -0.4 is 5.32 Å². The van der Waals surface area contributed by atoms with Crippen LogP contribution in [0.5, 0.6) is 0 Å². The number of hydrogen-bond donors (Lipinski definition) is 1. The average molecular weight is 452 g/mol. The molecule has 0 aliphatic heterocycles. The summed E-state index contributed by atoms with van der Waals surface area (Å²) in [6.07, 6.45) is 3.30. The molecule has 0 aliphatic carbocycles. The highest BCUT2D eigenvalue weighted by atomic mass is 35.5. The van der Waals surface area contributed by atoms with Gasteiger partial charge in [-0.15, -0.1) is 0 Å². The van der Waals surface area contributed by atoms with Gasteiger partial charge >= 0.3 is 5.97 Å². The molecule has 0 saturated heterocycles. The topological polar surface area (TPSA) is 81.2 Å². The van der Waals surface area contributed by atoms with E-state index in [9.17, 15) is 9.59 Å². The summed E-state index contributed by atoms with van der Waals surface area (Å²) in [6, 6.07) is 17.1. The Hall–Kier alpha value is -3.48. The minimum Gasteiger partial charge on any atom is -0.452 e. The molecule has 2 heterocycles. The van der Waals surface area contributed by atoms with Crippen LogP contribution in [0, 0.1) is 0 Å². The van der Waals surface area contributed by atoms with Crippen molar-refractivity contribution in [3.8, 4) is 11.3 Å². The van der Waals surface area contributed by atoms with Crippen molar-refractivity contribution in [3.05, 3.63) is 88.7 Å². The number of pyridine rings is 2. The Kier molecular flexibility index (Phi) is 6.11. The SMILES string of the molecule is O=C(COC(=O)c1cc(-c2ccncc2)nc2ccccc12)Nc1cc(Cl)cc(Cl)c1. The van der Waals surface area contributed by atoms with Crippen LogP contribution in [-0.4, -0.2) is 28.5 Å². The zero-order valence-electron chi connectivity index (χ0n) is 16.0. The first-order valence-corrected chi connectivity index (χ1v) is 9.98. The van der Waals surface area contributed by atoms with Crippen molar-refractivity contribution >= 4 is 51.7 Å². The van der Waals surface area contributed by atoms with Crippen LogP contribution in [-0.2, 0) is 9.53 Å². The normalized spacial score (nSPS) is 10.6. The lowest BCUT2D eigenvalue weighted by Gasteiger charge is -2.11. The third-order valence-electron chi connectivity index (χ3n) is 4.39. The number of hydrogen-bond acceptors (Lipinski definition) is 5. The number of para-hydroxylation sites is 1. The van der Waals surface area contributed by atoms with Crippen molar-refractivity contribution in [2.45, 2.75) is 0 Å². The Labute approximate surface area is 187 Å². The highest BCUT2D eigenvalue weighted by molar-refractivity contribution is 6.35. The molecule has 0 bridgehead atoms. The van der Waals surface area contributed by atoms with Gasteiger partial charge < -0.3 is 10.1 Å². The van der Waals surface area contributed by atoms with Crippen molar-refractivity contribution < 1.29 is 14.3 Å². The van der Waals surface area contributed by atoms with Gasteiger partial charge in [0, 0.05) is 39.1 Å². The van der Waals surface area contributed by atoms with Crippen molar-refractivity contribution in [2.75, 3.05) is 11.9 Å². The molecule has 1 amide bonds. The third kappa shape index (κ3) is 4.99. The van der Waals surface area contributed by atoms with Crippen molar-refractivity contribution in [1.29, 1.82) is 0 Å². The zero-order chi connectivity index (χ0) is 21.8. The number of ether oxygens (including phenoxy) is 1.